The second kappa shape index (κ2) is 5.53. The van der Waals surface area contributed by atoms with Gasteiger partial charge in [0.15, 0.2) is 0 Å². The highest BCUT2D eigenvalue weighted by atomic mass is 15.2. The zero-order valence-corrected chi connectivity index (χ0v) is 12.3. The molecule has 2 aromatic rings. The molecule has 0 unspecified atom stereocenters. The van der Waals surface area contributed by atoms with E-state index in [2.05, 4.69) is 64.8 Å². The Morgan fingerprint density at radius 3 is 2.62 bits per heavy atom. The summed E-state index contributed by atoms with van der Waals surface area (Å²) in [5, 5.41) is 3.72. The first-order chi connectivity index (χ1) is 10.4. The first-order valence-electron chi connectivity index (χ1n) is 8.03. The molecule has 1 fully saturated rings. The maximum Gasteiger partial charge on any atom is 0.0370 e. The van der Waals surface area contributed by atoms with Crippen LogP contribution < -0.4 is 5.32 Å². The zero-order valence-electron chi connectivity index (χ0n) is 12.3. The summed E-state index contributed by atoms with van der Waals surface area (Å²) < 4.78 is 0. The largest absolute Gasteiger partial charge is 0.382 e. The number of hydrogen-bond donors (Lipinski definition) is 1. The van der Waals surface area contributed by atoms with Crippen LogP contribution >= 0.6 is 0 Å². The molecule has 0 aliphatic carbocycles. The Balaban J connectivity index is 1.53. The number of nitrogens with zero attached hydrogens (tertiary/aromatic N) is 1. The average Bonchev–Trinajstić information content (AvgIpc) is 2.56. The minimum Gasteiger partial charge on any atom is -0.382 e. The van der Waals surface area contributed by atoms with Crippen molar-refractivity contribution in [2.24, 2.45) is 0 Å². The van der Waals surface area contributed by atoms with Crippen molar-refractivity contribution in [1.29, 1.82) is 0 Å². The van der Waals surface area contributed by atoms with E-state index >= 15 is 0 Å². The monoisotopic (exact) mass is 278 g/mol. The minimum atomic E-state index is 0.583. The molecule has 0 aromatic heterocycles. The standard InChI is InChI=1S/C19H22N2/c1-2-7-16(8-3-1)20-17-11-13-21-12-10-15-6-4-5-9-18(15)19(21)14-17/h1-9,17,19-20H,10-14H2/t17-,19-/m0/s1. The lowest BCUT2D eigenvalue weighted by Gasteiger charge is -2.43. The first kappa shape index (κ1) is 12.9. The molecule has 2 nitrogen and oxygen atoms in total. The molecule has 2 heteroatoms. The van der Waals surface area contributed by atoms with Gasteiger partial charge in [-0.15, -0.1) is 0 Å². The fourth-order valence-corrected chi connectivity index (χ4v) is 3.86. The molecule has 0 radical (unpaired) electrons. The molecule has 0 bridgehead atoms. The quantitative estimate of drug-likeness (QED) is 0.897. The van der Waals surface area contributed by atoms with Crippen LogP contribution in [0.2, 0.25) is 0 Å². The summed E-state index contributed by atoms with van der Waals surface area (Å²) >= 11 is 0. The van der Waals surface area contributed by atoms with Crippen LogP contribution in [0.25, 0.3) is 0 Å². The summed E-state index contributed by atoms with van der Waals surface area (Å²) in [7, 11) is 0. The predicted octanol–water partition coefficient (Wildman–Crippen LogP) is 3.86. The minimum absolute atomic E-state index is 0.583. The SMILES string of the molecule is c1ccc(N[C@H]2CCN3CCc4ccccc4[C@@H]3C2)cc1. The smallest absolute Gasteiger partial charge is 0.0370 e. The van der Waals surface area contributed by atoms with E-state index in [0.717, 1.165) is 0 Å². The maximum atomic E-state index is 3.72. The number of nitrogens with one attached hydrogen (secondary N) is 1. The second-order valence-electron chi connectivity index (χ2n) is 6.23. The Morgan fingerprint density at radius 1 is 0.905 bits per heavy atom. The van der Waals surface area contributed by atoms with Gasteiger partial charge in [-0.2, -0.15) is 0 Å². The summed E-state index contributed by atoms with van der Waals surface area (Å²) in [6.07, 6.45) is 3.67. The molecular formula is C19H22N2. The van der Waals surface area contributed by atoms with Gasteiger partial charge in [0.2, 0.25) is 0 Å². The van der Waals surface area contributed by atoms with Crippen molar-refractivity contribution in [2.75, 3.05) is 18.4 Å². The molecule has 0 amide bonds. The Kier molecular flexibility index (Phi) is 3.40. The lowest BCUT2D eigenvalue weighted by atomic mass is 9.85. The van der Waals surface area contributed by atoms with Gasteiger partial charge in [0.1, 0.15) is 0 Å². The van der Waals surface area contributed by atoms with Gasteiger partial charge in [-0.05, 0) is 42.5 Å². The highest BCUT2D eigenvalue weighted by molar-refractivity contribution is 5.44. The van der Waals surface area contributed by atoms with Gasteiger partial charge < -0.3 is 5.32 Å². The van der Waals surface area contributed by atoms with Gasteiger partial charge in [-0.3, -0.25) is 4.90 Å². The number of fused-ring (bicyclic) bond motifs is 3. The summed E-state index contributed by atoms with van der Waals surface area (Å²) in [6, 6.07) is 20.8. The lowest BCUT2D eigenvalue weighted by Crippen LogP contribution is -2.44. The van der Waals surface area contributed by atoms with Crippen molar-refractivity contribution in [1.82, 2.24) is 4.90 Å². The molecular weight excluding hydrogens is 256 g/mol. The molecule has 108 valence electrons. The molecule has 0 saturated carbocycles. The van der Waals surface area contributed by atoms with E-state index in [-0.39, 0.29) is 0 Å². The van der Waals surface area contributed by atoms with Crippen LogP contribution in [0.5, 0.6) is 0 Å². The topological polar surface area (TPSA) is 15.3 Å². The maximum absolute atomic E-state index is 3.72. The van der Waals surface area contributed by atoms with Crippen LogP contribution in [0.15, 0.2) is 54.6 Å². The van der Waals surface area contributed by atoms with E-state index in [4.69, 9.17) is 0 Å². The van der Waals surface area contributed by atoms with Gasteiger partial charge in [-0.25, -0.2) is 0 Å². The summed E-state index contributed by atoms with van der Waals surface area (Å²) in [4.78, 5) is 2.67. The van der Waals surface area contributed by atoms with Gasteiger partial charge in [0.25, 0.3) is 0 Å². The fourth-order valence-electron chi connectivity index (χ4n) is 3.86. The molecule has 2 aliphatic rings. The number of benzene rings is 2. The highest BCUT2D eigenvalue weighted by Crippen LogP contribution is 2.37. The number of rotatable bonds is 2. The molecule has 21 heavy (non-hydrogen) atoms. The van der Waals surface area contributed by atoms with Gasteiger partial charge in [0, 0.05) is 30.9 Å². The highest BCUT2D eigenvalue weighted by Gasteiger charge is 2.33. The molecule has 2 heterocycles. The normalized spacial score (nSPS) is 25.0. The van der Waals surface area contributed by atoms with Gasteiger partial charge in [0.05, 0.1) is 0 Å². The Hall–Kier alpha value is -1.80. The Labute approximate surface area is 126 Å². The number of anilines is 1. The average molecular weight is 278 g/mol. The Bertz CT molecular complexity index is 608. The molecule has 1 saturated heterocycles. The van der Waals surface area contributed by atoms with E-state index in [1.165, 1.54) is 38.0 Å². The van der Waals surface area contributed by atoms with Gasteiger partial charge in [-0.1, -0.05) is 42.5 Å². The number of para-hydroxylation sites is 1. The lowest BCUT2D eigenvalue weighted by molar-refractivity contribution is 0.131. The van der Waals surface area contributed by atoms with Crippen LogP contribution in [-0.2, 0) is 6.42 Å². The third kappa shape index (κ3) is 2.56. The van der Waals surface area contributed by atoms with Crippen LogP contribution in [0.4, 0.5) is 5.69 Å². The van der Waals surface area contributed by atoms with Crippen LogP contribution in [0.3, 0.4) is 0 Å². The fraction of sp³-hybridized carbons (Fsp3) is 0.368. The van der Waals surface area contributed by atoms with Crippen molar-refractivity contribution in [2.45, 2.75) is 31.3 Å². The van der Waals surface area contributed by atoms with Crippen LogP contribution in [0, 0.1) is 0 Å². The van der Waals surface area contributed by atoms with Crippen molar-refractivity contribution in [3.63, 3.8) is 0 Å². The summed E-state index contributed by atoms with van der Waals surface area (Å²) in [5.74, 6) is 0. The van der Waals surface area contributed by atoms with E-state index < -0.39 is 0 Å². The van der Waals surface area contributed by atoms with E-state index in [9.17, 15) is 0 Å². The molecule has 2 aromatic carbocycles. The van der Waals surface area contributed by atoms with Crippen LogP contribution in [-0.4, -0.2) is 24.0 Å². The molecule has 0 spiro atoms. The number of hydrogen-bond acceptors (Lipinski definition) is 2. The van der Waals surface area contributed by atoms with Crippen LogP contribution in [0.1, 0.15) is 30.0 Å². The molecule has 2 aliphatic heterocycles. The van der Waals surface area contributed by atoms with Crippen molar-refractivity contribution < 1.29 is 0 Å². The Morgan fingerprint density at radius 2 is 1.71 bits per heavy atom. The third-order valence-electron chi connectivity index (χ3n) is 4.94. The first-order valence-corrected chi connectivity index (χ1v) is 8.03. The summed E-state index contributed by atoms with van der Waals surface area (Å²) in [6.45, 7) is 2.43. The third-order valence-corrected chi connectivity index (χ3v) is 4.94. The summed E-state index contributed by atoms with van der Waals surface area (Å²) in [5.41, 5.74) is 4.36. The second-order valence-corrected chi connectivity index (χ2v) is 6.23. The molecule has 4 rings (SSSR count). The molecule has 2 atom stereocenters. The van der Waals surface area contributed by atoms with Gasteiger partial charge >= 0.3 is 0 Å². The van der Waals surface area contributed by atoms with E-state index in [0.29, 0.717) is 12.1 Å². The van der Waals surface area contributed by atoms with Crippen molar-refractivity contribution in [3.8, 4) is 0 Å². The van der Waals surface area contributed by atoms with Crippen molar-refractivity contribution in [3.05, 3.63) is 65.7 Å². The van der Waals surface area contributed by atoms with Crippen molar-refractivity contribution >= 4 is 5.69 Å². The molecule has 1 N–H and O–H groups in total. The zero-order chi connectivity index (χ0) is 14.1. The number of piperidine rings is 1. The van der Waals surface area contributed by atoms with E-state index in [1.54, 1.807) is 11.1 Å². The predicted molar refractivity (Wildman–Crippen MR) is 87.5 cm³/mol. The van der Waals surface area contributed by atoms with E-state index in [1.807, 2.05) is 0 Å².